The third-order valence-corrected chi connectivity index (χ3v) is 3.69. The molecule has 5 heteroatoms. The van der Waals surface area contributed by atoms with Crippen LogP contribution >= 0.6 is 11.8 Å². The number of hydrogen-bond donors (Lipinski definition) is 1. The summed E-state index contributed by atoms with van der Waals surface area (Å²) in [5, 5.41) is 2.81. The molecule has 15 heavy (non-hydrogen) atoms. The van der Waals surface area contributed by atoms with Gasteiger partial charge in [-0.3, -0.25) is 5.32 Å². The van der Waals surface area contributed by atoms with E-state index in [0.717, 1.165) is 11.8 Å². The molecule has 0 aliphatic carbocycles. The molecule has 0 amide bonds. The predicted molar refractivity (Wildman–Crippen MR) is 54.1 cm³/mol. The number of hydrogen-bond acceptors (Lipinski definition) is 2. The Morgan fingerprint density at radius 1 is 1.20 bits per heavy atom. The van der Waals surface area contributed by atoms with Crippen LogP contribution in [0.3, 0.4) is 0 Å². The Balaban J connectivity index is 2.32. The second kappa shape index (κ2) is 4.06. The summed E-state index contributed by atoms with van der Waals surface area (Å²) in [5.74, 6) is -2.02. The van der Waals surface area contributed by atoms with Gasteiger partial charge in [-0.25, -0.2) is 13.2 Å². The lowest BCUT2D eigenvalue weighted by Gasteiger charge is -2.12. The Hall–Kier alpha value is -0.680. The lowest BCUT2D eigenvalue weighted by molar-refractivity contribution is 0.485. The summed E-state index contributed by atoms with van der Waals surface area (Å²) < 4.78 is 39.0. The van der Waals surface area contributed by atoms with Crippen molar-refractivity contribution in [3.8, 4) is 0 Å². The fourth-order valence-corrected chi connectivity index (χ4v) is 2.78. The van der Waals surface area contributed by atoms with Gasteiger partial charge in [0.1, 0.15) is 5.82 Å². The molecule has 2 rings (SSSR count). The van der Waals surface area contributed by atoms with E-state index in [9.17, 15) is 13.2 Å². The predicted octanol–water partition coefficient (Wildman–Crippen LogP) is 2.83. The van der Waals surface area contributed by atoms with Gasteiger partial charge in [-0.15, -0.1) is 11.8 Å². The van der Waals surface area contributed by atoms with Gasteiger partial charge in [0.2, 0.25) is 0 Å². The molecule has 1 nitrogen and oxygen atoms in total. The molecule has 1 N–H and O–H groups in total. The monoisotopic (exact) mass is 233 g/mol. The Labute approximate surface area is 90.1 Å². The van der Waals surface area contributed by atoms with Crippen molar-refractivity contribution in [3.05, 3.63) is 35.1 Å². The summed E-state index contributed by atoms with van der Waals surface area (Å²) in [6.07, 6.45) is 0. The van der Waals surface area contributed by atoms with Gasteiger partial charge < -0.3 is 0 Å². The van der Waals surface area contributed by atoms with E-state index in [2.05, 4.69) is 5.32 Å². The lowest BCUT2D eigenvalue weighted by atomic mass is 10.2. The van der Waals surface area contributed by atoms with Gasteiger partial charge in [-0.1, -0.05) is 0 Å². The van der Waals surface area contributed by atoms with Crippen LogP contribution in [-0.2, 0) is 0 Å². The summed E-state index contributed by atoms with van der Waals surface area (Å²) in [7, 11) is 0. The zero-order valence-corrected chi connectivity index (χ0v) is 8.88. The van der Waals surface area contributed by atoms with E-state index in [4.69, 9.17) is 0 Å². The molecular formula is C10H10F3NS. The highest BCUT2D eigenvalue weighted by atomic mass is 32.2. The van der Waals surface area contributed by atoms with Crippen LogP contribution in [0, 0.1) is 17.5 Å². The SMILES string of the molecule is CC1CSC(c2cc(F)c(F)cc2F)N1. The molecule has 0 radical (unpaired) electrons. The highest BCUT2D eigenvalue weighted by Crippen LogP contribution is 2.34. The second-order valence-electron chi connectivity index (χ2n) is 3.57. The summed E-state index contributed by atoms with van der Waals surface area (Å²) in [6, 6.07) is 1.77. The van der Waals surface area contributed by atoms with Gasteiger partial charge in [0.05, 0.1) is 5.37 Å². The molecule has 1 aromatic rings. The van der Waals surface area contributed by atoms with Crippen molar-refractivity contribution in [2.45, 2.75) is 18.3 Å². The summed E-state index contributed by atoms with van der Waals surface area (Å²) in [5.41, 5.74) is 0.184. The molecule has 1 fully saturated rings. The van der Waals surface area contributed by atoms with Crippen LogP contribution < -0.4 is 5.32 Å². The minimum atomic E-state index is -1.15. The van der Waals surface area contributed by atoms with E-state index in [1.54, 1.807) is 0 Å². The van der Waals surface area contributed by atoms with E-state index in [0.29, 0.717) is 6.07 Å². The van der Waals surface area contributed by atoms with Gasteiger partial charge in [0.25, 0.3) is 0 Å². The first kappa shape index (κ1) is 10.8. The topological polar surface area (TPSA) is 12.0 Å². The van der Waals surface area contributed by atoms with E-state index in [1.165, 1.54) is 11.8 Å². The molecule has 0 spiro atoms. The molecule has 1 aromatic carbocycles. The van der Waals surface area contributed by atoms with Crippen LogP contribution in [0.4, 0.5) is 13.2 Å². The van der Waals surface area contributed by atoms with Crippen LogP contribution in [-0.4, -0.2) is 11.8 Å². The fourth-order valence-electron chi connectivity index (χ4n) is 1.51. The van der Waals surface area contributed by atoms with Crippen molar-refractivity contribution in [1.29, 1.82) is 0 Å². The van der Waals surface area contributed by atoms with Crippen molar-refractivity contribution in [3.63, 3.8) is 0 Å². The Bertz CT molecular complexity index is 383. The van der Waals surface area contributed by atoms with E-state index >= 15 is 0 Å². The van der Waals surface area contributed by atoms with Crippen LogP contribution in [0.2, 0.25) is 0 Å². The molecule has 0 bridgehead atoms. The molecule has 2 atom stereocenters. The van der Waals surface area contributed by atoms with Crippen LogP contribution in [0.25, 0.3) is 0 Å². The number of thioether (sulfide) groups is 1. The molecule has 1 aliphatic rings. The number of rotatable bonds is 1. The number of halogens is 3. The molecule has 1 aliphatic heterocycles. The second-order valence-corrected chi connectivity index (χ2v) is 4.71. The zero-order valence-electron chi connectivity index (χ0n) is 8.06. The fraction of sp³-hybridized carbons (Fsp3) is 0.400. The molecular weight excluding hydrogens is 223 g/mol. The first-order valence-electron chi connectivity index (χ1n) is 4.60. The van der Waals surface area contributed by atoms with Crippen LogP contribution in [0.1, 0.15) is 17.9 Å². The van der Waals surface area contributed by atoms with E-state index < -0.39 is 17.5 Å². The molecule has 0 saturated carbocycles. The largest absolute Gasteiger partial charge is 0.298 e. The maximum Gasteiger partial charge on any atom is 0.161 e. The smallest absolute Gasteiger partial charge is 0.161 e. The Morgan fingerprint density at radius 3 is 2.47 bits per heavy atom. The maximum absolute atomic E-state index is 13.3. The van der Waals surface area contributed by atoms with Gasteiger partial charge in [-0.05, 0) is 13.0 Å². The molecule has 0 aromatic heterocycles. The number of nitrogens with one attached hydrogen (secondary N) is 1. The van der Waals surface area contributed by atoms with Crippen molar-refractivity contribution in [2.75, 3.05) is 5.75 Å². The van der Waals surface area contributed by atoms with E-state index in [1.807, 2.05) is 6.92 Å². The van der Waals surface area contributed by atoms with Gasteiger partial charge in [-0.2, -0.15) is 0 Å². The first-order chi connectivity index (χ1) is 7.08. The first-order valence-corrected chi connectivity index (χ1v) is 5.65. The third-order valence-electron chi connectivity index (χ3n) is 2.27. The minimum absolute atomic E-state index is 0.184. The quantitative estimate of drug-likeness (QED) is 0.748. The minimum Gasteiger partial charge on any atom is -0.298 e. The van der Waals surface area contributed by atoms with Gasteiger partial charge in [0, 0.05) is 23.4 Å². The normalized spacial score (nSPS) is 25.9. The van der Waals surface area contributed by atoms with Crippen molar-refractivity contribution in [1.82, 2.24) is 5.32 Å². The average molecular weight is 233 g/mol. The van der Waals surface area contributed by atoms with Gasteiger partial charge in [0.15, 0.2) is 11.6 Å². The maximum atomic E-state index is 13.3. The Kier molecular flexibility index (Phi) is 2.93. The molecule has 2 unspecified atom stereocenters. The Morgan fingerprint density at radius 2 is 1.87 bits per heavy atom. The van der Waals surface area contributed by atoms with Crippen molar-refractivity contribution >= 4 is 11.8 Å². The van der Waals surface area contributed by atoms with Gasteiger partial charge >= 0.3 is 0 Å². The lowest BCUT2D eigenvalue weighted by Crippen LogP contribution is -2.22. The van der Waals surface area contributed by atoms with E-state index in [-0.39, 0.29) is 17.0 Å². The molecule has 1 heterocycles. The van der Waals surface area contributed by atoms with Crippen LogP contribution in [0.15, 0.2) is 12.1 Å². The average Bonchev–Trinajstić information content (AvgIpc) is 2.58. The third kappa shape index (κ3) is 2.13. The summed E-state index contributed by atoms with van der Waals surface area (Å²) >= 11 is 1.49. The highest BCUT2D eigenvalue weighted by Gasteiger charge is 2.25. The zero-order chi connectivity index (χ0) is 11.0. The summed E-state index contributed by atoms with van der Waals surface area (Å²) in [6.45, 7) is 1.96. The summed E-state index contributed by atoms with van der Waals surface area (Å²) in [4.78, 5) is 0. The number of benzene rings is 1. The van der Waals surface area contributed by atoms with Crippen molar-refractivity contribution in [2.24, 2.45) is 0 Å². The standard InChI is InChI=1S/C10H10F3NS/c1-5-4-15-10(14-5)6-2-8(12)9(13)3-7(6)11/h2-3,5,10,14H,4H2,1H3. The molecule has 82 valence electrons. The van der Waals surface area contributed by atoms with Crippen LogP contribution in [0.5, 0.6) is 0 Å². The molecule has 1 saturated heterocycles. The highest BCUT2D eigenvalue weighted by molar-refractivity contribution is 7.99. The van der Waals surface area contributed by atoms with Crippen molar-refractivity contribution < 1.29 is 13.2 Å².